The number of carboxylic acid groups (broad SMARTS) is 1. The molecule has 2 fully saturated rings. The highest BCUT2D eigenvalue weighted by Crippen LogP contribution is 2.44. The molecule has 1 saturated carbocycles. The van der Waals surface area contributed by atoms with Crippen molar-refractivity contribution in [2.75, 3.05) is 6.54 Å². The minimum absolute atomic E-state index is 0.0332. The summed E-state index contributed by atoms with van der Waals surface area (Å²) < 4.78 is 0. The summed E-state index contributed by atoms with van der Waals surface area (Å²) in [5, 5.41) is 21.0. The van der Waals surface area contributed by atoms with E-state index in [9.17, 15) is 14.7 Å². The van der Waals surface area contributed by atoms with E-state index >= 15 is 0 Å². The number of carbonyl (C=O) groups is 2. The van der Waals surface area contributed by atoms with E-state index in [0.717, 1.165) is 43.2 Å². The number of aliphatic hydroxyl groups excluding tert-OH is 1. The SMILES string of the molecule is O=C(O)c1ccc(CCN2C(=O)CC[C@@H]2C=CC(O)C2(c3ccc(Cl)cc3)CCCC2)cc1. The number of amides is 1. The first-order valence-corrected chi connectivity index (χ1v) is 12.0. The van der Waals surface area contributed by atoms with Crippen molar-refractivity contribution in [1.29, 1.82) is 0 Å². The molecule has 1 amide bonds. The number of likely N-dealkylation sites (tertiary alicyclic amines) is 1. The van der Waals surface area contributed by atoms with Crippen LogP contribution in [0.2, 0.25) is 5.02 Å². The van der Waals surface area contributed by atoms with Crippen molar-refractivity contribution in [2.24, 2.45) is 0 Å². The molecule has 5 nitrogen and oxygen atoms in total. The maximum absolute atomic E-state index is 12.5. The topological polar surface area (TPSA) is 77.8 Å². The van der Waals surface area contributed by atoms with Gasteiger partial charge in [-0.3, -0.25) is 4.79 Å². The van der Waals surface area contributed by atoms with E-state index in [4.69, 9.17) is 16.7 Å². The van der Waals surface area contributed by atoms with E-state index in [-0.39, 0.29) is 22.9 Å². The van der Waals surface area contributed by atoms with Crippen molar-refractivity contribution in [3.8, 4) is 0 Å². The molecule has 1 aliphatic heterocycles. The molecule has 6 heteroatoms. The summed E-state index contributed by atoms with van der Waals surface area (Å²) in [6.07, 6.45) is 9.20. The van der Waals surface area contributed by atoms with Gasteiger partial charge >= 0.3 is 5.97 Å². The maximum atomic E-state index is 12.5. The number of aromatic carboxylic acids is 1. The minimum Gasteiger partial charge on any atom is -0.478 e. The van der Waals surface area contributed by atoms with Crippen LogP contribution in [0, 0.1) is 0 Å². The normalized spacial score (nSPS) is 21.1. The molecule has 2 atom stereocenters. The summed E-state index contributed by atoms with van der Waals surface area (Å²) in [5.41, 5.74) is 2.06. The lowest BCUT2D eigenvalue weighted by molar-refractivity contribution is -0.128. The van der Waals surface area contributed by atoms with Crippen LogP contribution in [0.4, 0.5) is 0 Å². The lowest BCUT2D eigenvalue weighted by Crippen LogP contribution is -2.37. The fourth-order valence-electron chi connectivity index (χ4n) is 5.27. The molecular weight excluding hydrogens is 438 g/mol. The molecular formula is C27H30ClNO4. The zero-order valence-corrected chi connectivity index (χ0v) is 19.4. The molecule has 2 aliphatic rings. The second kappa shape index (κ2) is 10.1. The summed E-state index contributed by atoms with van der Waals surface area (Å²) in [4.78, 5) is 25.4. The second-order valence-electron chi connectivity index (χ2n) is 9.15. The van der Waals surface area contributed by atoms with Gasteiger partial charge in [0.2, 0.25) is 5.91 Å². The van der Waals surface area contributed by atoms with E-state index in [1.807, 2.05) is 41.3 Å². The Morgan fingerprint density at radius 3 is 2.42 bits per heavy atom. The van der Waals surface area contributed by atoms with Gasteiger partial charge in [-0.1, -0.05) is 60.9 Å². The Hall–Kier alpha value is -2.63. The molecule has 0 spiro atoms. The number of aliphatic hydroxyl groups is 1. The first kappa shape index (κ1) is 23.5. The van der Waals surface area contributed by atoms with Crippen molar-refractivity contribution >= 4 is 23.5 Å². The Morgan fingerprint density at radius 1 is 1.12 bits per heavy atom. The van der Waals surface area contributed by atoms with Gasteiger partial charge in [-0.05, 0) is 61.1 Å². The molecule has 2 N–H and O–H groups in total. The van der Waals surface area contributed by atoms with Crippen LogP contribution in [0.1, 0.15) is 60.0 Å². The van der Waals surface area contributed by atoms with Gasteiger partial charge in [0.15, 0.2) is 0 Å². The molecule has 4 rings (SSSR count). The molecule has 2 aromatic carbocycles. The average molecular weight is 468 g/mol. The third kappa shape index (κ3) is 5.15. The Balaban J connectivity index is 1.43. The molecule has 2 aromatic rings. The third-order valence-electron chi connectivity index (χ3n) is 7.21. The quantitative estimate of drug-likeness (QED) is 0.535. The Morgan fingerprint density at radius 2 is 1.79 bits per heavy atom. The smallest absolute Gasteiger partial charge is 0.335 e. The van der Waals surface area contributed by atoms with Gasteiger partial charge in [-0.25, -0.2) is 4.79 Å². The molecule has 1 saturated heterocycles. The number of rotatable bonds is 8. The average Bonchev–Trinajstić information content (AvgIpc) is 3.44. The second-order valence-corrected chi connectivity index (χ2v) is 9.58. The van der Waals surface area contributed by atoms with Crippen LogP contribution >= 0.6 is 11.6 Å². The van der Waals surface area contributed by atoms with Crippen LogP contribution in [0.25, 0.3) is 0 Å². The van der Waals surface area contributed by atoms with Crippen molar-refractivity contribution in [3.05, 3.63) is 82.4 Å². The van der Waals surface area contributed by atoms with Crippen LogP contribution < -0.4 is 0 Å². The minimum atomic E-state index is -0.946. The predicted molar refractivity (Wildman–Crippen MR) is 129 cm³/mol. The highest BCUT2D eigenvalue weighted by molar-refractivity contribution is 6.30. The van der Waals surface area contributed by atoms with Gasteiger partial charge in [0.25, 0.3) is 0 Å². The molecule has 1 aliphatic carbocycles. The van der Waals surface area contributed by atoms with Gasteiger partial charge in [0.05, 0.1) is 17.7 Å². The van der Waals surface area contributed by atoms with Crippen LogP contribution in [0.3, 0.4) is 0 Å². The number of nitrogens with zero attached hydrogens (tertiary/aromatic N) is 1. The highest BCUT2D eigenvalue weighted by Gasteiger charge is 2.41. The van der Waals surface area contributed by atoms with Crippen LogP contribution in [0.15, 0.2) is 60.7 Å². The van der Waals surface area contributed by atoms with E-state index in [1.54, 1.807) is 24.3 Å². The van der Waals surface area contributed by atoms with Crippen molar-refractivity contribution in [3.63, 3.8) is 0 Å². The first-order chi connectivity index (χ1) is 15.9. The maximum Gasteiger partial charge on any atom is 0.335 e. The Kier molecular flexibility index (Phi) is 7.20. The summed E-state index contributed by atoms with van der Waals surface area (Å²) in [6.45, 7) is 0.568. The van der Waals surface area contributed by atoms with Gasteiger partial charge in [0, 0.05) is 23.4 Å². The highest BCUT2D eigenvalue weighted by atomic mass is 35.5. The van der Waals surface area contributed by atoms with Crippen LogP contribution in [-0.2, 0) is 16.6 Å². The van der Waals surface area contributed by atoms with Gasteiger partial charge in [-0.2, -0.15) is 0 Å². The van der Waals surface area contributed by atoms with E-state index in [0.29, 0.717) is 24.4 Å². The van der Waals surface area contributed by atoms with E-state index < -0.39 is 12.1 Å². The van der Waals surface area contributed by atoms with E-state index in [2.05, 4.69) is 0 Å². The summed E-state index contributed by atoms with van der Waals surface area (Å²) in [6, 6.07) is 14.6. The molecule has 0 radical (unpaired) electrons. The van der Waals surface area contributed by atoms with Gasteiger partial charge in [0.1, 0.15) is 0 Å². The summed E-state index contributed by atoms with van der Waals surface area (Å²) in [7, 11) is 0. The number of carbonyl (C=O) groups excluding carboxylic acids is 1. The van der Waals surface area contributed by atoms with E-state index in [1.165, 1.54) is 0 Å². The number of benzene rings is 2. The van der Waals surface area contributed by atoms with Gasteiger partial charge in [-0.15, -0.1) is 0 Å². The van der Waals surface area contributed by atoms with Crippen LogP contribution in [0.5, 0.6) is 0 Å². The van der Waals surface area contributed by atoms with Crippen molar-refractivity contribution < 1.29 is 19.8 Å². The Labute approximate surface area is 199 Å². The van der Waals surface area contributed by atoms with Crippen molar-refractivity contribution in [2.45, 2.75) is 62.5 Å². The first-order valence-electron chi connectivity index (χ1n) is 11.6. The molecule has 174 valence electrons. The fourth-order valence-corrected chi connectivity index (χ4v) is 5.40. The Bertz CT molecular complexity index is 1010. The monoisotopic (exact) mass is 467 g/mol. The number of halogens is 1. The summed E-state index contributed by atoms with van der Waals surface area (Å²) >= 11 is 6.08. The lowest BCUT2D eigenvalue weighted by atomic mass is 9.74. The zero-order valence-electron chi connectivity index (χ0n) is 18.6. The number of carboxylic acids is 1. The lowest BCUT2D eigenvalue weighted by Gasteiger charge is -2.34. The molecule has 0 aromatic heterocycles. The number of hydrogen-bond acceptors (Lipinski definition) is 3. The molecule has 33 heavy (non-hydrogen) atoms. The van der Waals surface area contributed by atoms with Gasteiger partial charge < -0.3 is 15.1 Å². The summed E-state index contributed by atoms with van der Waals surface area (Å²) in [5.74, 6) is -0.826. The third-order valence-corrected chi connectivity index (χ3v) is 7.47. The largest absolute Gasteiger partial charge is 0.478 e. The number of hydrogen-bond donors (Lipinski definition) is 2. The standard InChI is InChI=1S/C27H30ClNO4/c28-22-9-7-21(8-10-22)27(16-1-2-17-27)24(30)13-11-23-12-14-25(31)29(23)18-15-19-3-5-20(6-4-19)26(32)33/h3-11,13,23-24,30H,1-2,12,14-18H2,(H,32,33)/t23-,24?/m0/s1. The van der Waals surface area contributed by atoms with Crippen LogP contribution in [-0.4, -0.2) is 45.7 Å². The van der Waals surface area contributed by atoms with Crippen molar-refractivity contribution in [1.82, 2.24) is 4.90 Å². The zero-order chi connectivity index (χ0) is 23.4. The fraction of sp³-hybridized carbons (Fsp3) is 0.407. The molecule has 0 bridgehead atoms. The molecule has 1 unspecified atom stereocenters. The predicted octanol–water partition coefficient (Wildman–Crippen LogP) is 5.00. The molecule has 1 heterocycles.